The molecule has 0 aliphatic carbocycles. The molecule has 3 rings (SSSR count). The van der Waals surface area contributed by atoms with Crippen LogP contribution in [0.1, 0.15) is 28.6 Å². The zero-order valence-corrected chi connectivity index (χ0v) is 15.7. The molecular weight excluding hydrogens is 384 g/mol. The molecule has 0 aliphatic rings. The number of nitrogens with zero attached hydrogens (tertiary/aromatic N) is 3. The van der Waals surface area contributed by atoms with Crippen LogP contribution in [0.2, 0.25) is 5.15 Å². The van der Waals surface area contributed by atoms with Crippen molar-refractivity contribution in [2.45, 2.75) is 20.0 Å². The second-order valence-electron chi connectivity index (χ2n) is 5.79. The Morgan fingerprint density at radius 3 is 2.71 bits per heavy atom. The number of esters is 1. The summed E-state index contributed by atoms with van der Waals surface area (Å²) in [4.78, 5) is 28.8. The standard InChI is InChI=1S/C19H15ClN4O4/c1-11-15(13(10-21)18(27-11)24-8-3-4-9-24)19(26)28-12(2)17(25)23-14-6-5-7-22-16(14)20/h3-9,12H,1-2H3,(H,23,25)/t12-/m0/s1. The summed E-state index contributed by atoms with van der Waals surface area (Å²) in [5, 5.41) is 12.1. The predicted octanol–water partition coefficient (Wildman–Crippen LogP) is 3.48. The van der Waals surface area contributed by atoms with Crippen molar-refractivity contribution in [1.29, 1.82) is 5.26 Å². The highest BCUT2D eigenvalue weighted by Crippen LogP contribution is 2.26. The van der Waals surface area contributed by atoms with Crippen molar-refractivity contribution < 1.29 is 18.7 Å². The molecule has 3 heterocycles. The number of ether oxygens (including phenoxy) is 1. The molecule has 0 saturated heterocycles. The van der Waals surface area contributed by atoms with E-state index in [0.29, 0.717) is 5.69 Å². The van der Waals surface area contributed by atoms with Crippen molar-refractivity contribution in [2.24, 2.45) is 0 Å². The van der Waals surface area contributed by atoms with Crippen LogP contribution in [0, 0.1) is 18.3 Å². The van der Waals surface area contributed by atoms with E-state index in [0.717, 1.165) is 0 Å². The maximum absolute atomic E-state index is 12.6. The summed E-state index contributed by atoms with van der Waals surface area (Å²) in [6.07, 6.45) is 3.71. The Kier molecular flexibility index (Phi) is 5.47. The van der Waals surface area contributed by atoms with Gasteiger partial charge in [-0.3, -0.25) is 9.36 Å². The number of hydrogen-bond donors (Lipinski definition) is 1. The van der Waals surface area contributed by atoms with Crippen molar-refractivity contribution in [1.82, 2.24) is 9.55 Å². The van der Waals surface area contributed by atoms with Crippen LogP contribution in [-0.2, 0) is 9.53 Å². The SMILES string of the molecule is Cc1oc(-n2cccc2)c(C#N)c1C(=O)O[C@@H](C)C(=O)Nc1cccnc1Cl. The van der Waals surface area contributed by atoms with Crippen LogP contribution in [0.3, 0.4) is 0 Å². The van der Waals surface area contributed by atoms with Crippen molar-refractivity contribution in [3.63, 3.8) is 0 Å². The van der Waals surface area contributed by atoms with Gasteiger partial charge in [0.1, 0.15) is 23.0 Å². The number of nitriles is 1. The van der Waals surface area contributed by atoms with Crippen LogP contribution in [0.5, 0.6) is 0 Å². The Balaban J connectivity index is 1.79. The third-order valence-corrected chi connectivity index (χ3v) is 4.19. The summed E-state index contributed by atoms with van der Waals surface area (Å²) in [7, 11) is 0. The highest BCUT2D eigenvalue weighted by atomic mass is 35.5. The lowest BCUT2D eigenvalue weighted by Crippen LogP contribution is -2.30. The van der Waals surface area contributed by atoms with Gasteiger partial charge in [-0.25, -0.2) is 9.78 Å². The highest BCUT2D eigenvalue weighted by molar-refractivity contribution is 6.32. The van der Waals surface area contributed by atoms with Crippen LogP contribution in [-0.4, -0.2) is 27.5 Å². The quantitative estimate of drug-likeness (QED) is 0.520. The first-order valence-corrected chi connectivity index (χ1v) is 8.59. The van der Waals surface area contributed by atoms with Crippen molar-refractivity contribution in [3.05, 3.63) is 64.9 Å². The van der Waals surface area contributed by atoms with Gasteiger partial charge in [-0.15, -0.1) is 0 Å². The summed E-state index contributed by atoms with van der Waals surface area (Å²) < 4.78 is 12.4. The normalized spacial score (nSPS) is 11.5. The van der Waals surface area contributed by atoms with E-state index >= 15 is 0 Å². The monoisotopic (exact) mass is 398 g/mol. The van der Waals surface area contributed by atoms with Crippen LogP contribution in [0.4, 0.5) is 5.69 Å². The van der Waals surface area contributed by atoms with Crippen LogP contribution in [0.25, 0.3) is 5.88 Å². The van der Waals surface area contributed by atoms with Gasteiger partial charge in [-0.2, -0.15) is 5.26 Å². The molecule has 0 aromatic carbocycles. The van der Waals surface area contributed by atoms with Gasteiger partial charge in [0, 0.05) is 18.6 Å². The Morgan fingerprint density at radius 2 is 2.07 bits per heavy atom. The number of rotatable bonds is 5. The van der Waals surface area contributed by atoms with Crippen LogP contribution >= 0.6 is 11.6 Å². The van der Waals surface area contributed by atoms with Gasteiger partial charge in [-0.05, 0) is 38.1 Å². The molecule has 142 valence electrons. The summed E-state index contributed by atoms with van der Waals surface area (Å²) in [5.41, 5.74) is 0.302. The fourth-order valence-electron chi connectivity index (χ4n) is 2.52. The van der Waals surface area contributed by atoms with E-state index in [9.17, 15) is 14.9 Å². The van der Waals surface area contributed by atoms with Gasteiger partial charge in [0.05, 0.1) is 5.69 Å². The van der Waals surface area contributed by atoms with Gasteiger partial charge < -0.3 is 14.5 Å². The van der Waals surface area contributed by atoms with Gasteiger partial charge >= 0.3 is 5.97 Å². The number of aromatic nitrogens is 2. The van der Waals surface area contributed by atoms with E-state index in [4.69, 9.17) is 20.8 Å². The molecule has 0 radical (unpaired) electrons. The van der Waals surface area contributed by atoms with Crippen LogP contribution in [0.15, 0.2) is 47.3 Å². The summed E-state index contributed by atoms with van der Waals surface area (Å²) in [6, 6.07) is 8.65. The second kappa shape index (κ2) is 7.98. The van der Waals surface area contributed by atoms with Crippen molar-refractivity contribution in [2.75, 3.05) is 5.32 Å². The van der Waals surface area contributed by atoms with Crippen molar-refractivity contribution >= 4 is 29.2 Å². The van der Waals surface area contributed by atoms with E-state index in [1.807, 2.05) is 6.07 Å². The minimum Gasteiger partial charge on any atom is -0.449 e. The second-order valence-corrected chi connectivity index (χ2v) is 6.15. The van der Waals surface area contributed by atoms with E-state index < -0.39 is 18.0 Å². The van der Waals surface area contributed by atoms with E-state index in [2.05, 4.69) is 10.3 Å². The lowest BCUT2D eigenvalue weighted by atomic mass is 10.1. The van der Waals surface area contributed by atoms with Gasteiger partial charge in [0.25, 0.3) is 5.91 Å². The van der Waals surface area contributed by atoms with E-state index in [1.54, 1.807) is 48.1 Å². The molecule has 3 aromatic heterocycles. The Hall–Kier alpha value is -3.57. The first-order chi connectivity index (χ1) is 13.4. The molecule has 0 saturated carbocycles. The molecule has 0 aliphatic heterocycles. The minimum absolute atomic E-state index is 0.0229. The molecule has 0 bridgehead atoms. The zero-order chi connectivity index (χ0) is 20.3. The molecule has 1 amide bonds. The Labute approximate surface area is 165 Å². The number of anilines is 1. The number of aryl methyl sites for hydroxylation is 1. The van der Waals surface area contributed by atoms with E-state index in [1.165, 1.54) is 13.1 Å². The molecule has 1 N–H and O–H groups in total. The lowest BCUT2D eigenvalue weighted by Gasteiger charge is -2.13. The maximum atomic E-state index is 12.6. The number of carbonyl (C=O) groups is 2. The summed E-state index contributed by atoms with van der Waals surface area (Å²) in [6.45, 7) is 2.95. The molecule has 0 unspecified atom stereocenters. The van der Waals surface area contributed by atoms with Gasteiger partial charge in [0.2, 0.25) is 5.88 Å². The van der Waals surface area contributed by atoms with Gasteiger partial charge in [0.15, 0.2) is 11.3 Å². The average molecular weight is 399 g/mol. The maximum Gasteiger partial charge on any atom is 0.343 e. The lowest BCUT2D eigenvalue weighted by molar-refractivity contribution is -0.123. The Bertz CT molecular complexity index is 1070. The molecule has 28 heavy (non-hydrogen) atoms. The smallest absolute Gasteiger partial charge is 0.343 e. The molecule has 3 aromatic rings. The fourth-order valence-corrected chi connectivity index (χ4v) is 2.68. The number of amides is 1. The minimum atomic E-state index is -1.14. The first kappa shape index (κ1) is 19.2. The summed E-state index contributed by atoms with van der Waals surface area (Å²) >= 11 is 5.90. The number of pyridine rings is 1. The highest BCUT2D eigenvalue weighted by Gasteiger charge is 2.28. The topological polar surface area (TPSA) is 110 Å². The number of furan rings is 1. The molecule has 0 fully saturated rings. The molecule has 1 atom stereocenters. The summed E-state index contributed by atoms with van der Waals surface area (Å²) in [5.74, 6) is -1.01. The number of hydrogen-bond acceptors (Lipinski definition) is 6. The van der Waals surface area contributed by atoms with Crippen molar-refractivity contribution in [3.8, 4) is 12.0 Å². The zero-order valence-electron chi connectivity index (χ0n) is 15.0. The number of carbonyl (C=O) groups excluding carboxylic acids is 2. The predicted molar refractivity (Wildman–Crippen MR) is 100 cm³/mol. The molecule has 9 heteroatoms. The van der Waals surface area contributed by atoms with Crippen LogP contribution < -0.4 is 5.32 Å². The molecular formula is C19H15ClN4O4. The molecule has 0 spiro atoms. The first-order valence-electron chi connectivity index (χ1n) is 8.21. The third-order valence-electron chi connectivity index (χ3n) is 3.89. The largest absolute Gasteiger partial charge is 0.449 e. The van der Waals surface area contributed by atoms with Gasteiger partial charge in [-0.1, -0.05) is 11.6 Å². The molecule has 8 nitrogen and oxygen atoms in total. The Morgan fingerprint density at radius 1 is 1.36 bits per heavy atom. The third kappa shape index (κ3) is 3.75. The van der Waals surface area contributed by atoms with E-state index in [-0.39, 0.29) is 27.9 Å². The number of nitrogens with one attached hydrogen (secondary N) is 1. The number of halogens is 1. The fraction of sp³-hybridized carbons (Fsp3) is 0.158. The average Bonchev–Trinajstić information content (AvgIpc) is 3.30.